The zero-order chi connectivity index (χ0) is 11.7. The molecule has 0 saturated heterocycles. The minimum atomic E-state index is 0.264. The van der Waals surface area contributed by atoms with Crippen molar-refractivity contribution in [3.63, 3.8) is 0 Å². The van der Waals surface area contributed by atoms with Gasteiger partial charge in [-0.25, -0.2) is 4.98 Å². The summed E-state index contributed by atoms with van der Waals surface area (Å²) >= 11 is 0. The molecular weight excluding hydrogens is 200 g/mol. The summed E-state index contributed by atoms with van der Waals surface area (Å²) in [6, 6.07) is 0. The molecule has 0 aromatic carbocycles. The van der Waals surface area contributed by atoms with E-state index in [1.807, 2.05) is 13.8 Å². The van der Waals surface area contributed by atoms with E-state index in [-0.39, 0.29) is 6.10 Å². The Bertz CT molecular complexity index is 329. The molecule has 0 bridgehead atoms. The Morgan fingerprint density at radius 2 is 2.00 bits per heavy atom. The van der Waals surface area contributed by atoms with Gasteiger partial charge >= 0.3 is 0 Å². The first kappa shape index (κ1) is 11.6. The number of H-pyrrole nitrogens is 1. The SMILES string of the molecule is CC(C)OCc1nc2c([nH]1)CC(C)C(C)C2. The van der Waals surface area contributed by atoms with Crippen molar-refractivity contribution >= 4 is 0 Å². The summed E-state index contributed by atoms with van der Waals surface area (Å²) in [7, 11) is 0. The molecule has 90 valence electrons. The van der Waals surface area contributed by atoms with Crippen LogP contribution in [-0.4, -0.2) is 16.1 Å². The second-order valence-corrected chi connectivity index (χ2v) is 5.33. The molecule has 2 atom stereocenters. The van der Waals surface area contributed by atoms with Crippen LogP contribution in [0.4, 0.5) is 0 Å². The van der Waals surface area contributed by atoms with Gasteiger partial charge in [0, 0.05) is 5.69 Å². The molecule has 1 aromatic rings. The van der Waals surface area contributed by atoms with Crippen molar-refractivity contribution in [1.82, 2.24) is 9.97 Å². The third-order valence-electron chi connectivity index (χ3n) is 3.48. The highest BCUT2D eigenvalue weighted by molar-refractivity contribution is 5.19. The Morgan fingerprint density at radius 3 is 2.69 bits per heavy atom. The average Bonchev–Trinajstić information content (AvgIpc) is 2.58. The Morgan fingerprint density at radius 1 is 1.31 bits per heavy atom. The van der Waals surface area contributed by atoms with E-state index in [9.17, 15) is 0 Å². The molecule has 3 heteroatoms. The summed E-state index contributed by atoms with van der Waals surface area (Å²) in [6.45, 7) is 9.33. The molecule has 1 N–H and O–H groups in total. The molecule has 1 aliphatic rings. The Balaban J connectivity index is 2.06. The van der Waals surface area contributed by atoms with Crippen molar-refractivity contribution in [1.29, 1.82) is 0 Å². The Hall–Kier alpha value is -0.830. The van der Waals surface area contributed by atoms with Gasteiger partial charge < -0.3 is 9.72 Å². The third-order valence-corrected chi connectivity index (χ3v) is 3.48. The minimum Gasteiger partial charge on any atom is -0.371 e. The molecule has 2 unspecified atom stereocenters. The smallest absolute Gasteiger partial charge is 0.132 e. The fourth-order valence-electron chi connectivity index (χ4n) is 2.19. The quantitative estimate of drug-likeness (QED) is 0.854. The maximum Gasteiger partial charge on any atom is 0.132 e. The molecular formula is C13H22N2O. The predicted molar refractivity (Wildman–Crippen MR) is 64.2 cm³/mol. The second-order valence-electron chi connectivity index (χ2n) is 5.33. The molecule has 0 amide bonds. The van der Waals surface area contributed by atoms with Crippen LogP contribution in [0.2, 0.25) is 0 Å². The molecule has 0 radical (unpaired) electrons. The molecule has 0 spiro atoms. The second kappa shape index (κ2) is 4.58. The van der Waals surface area contributed by atoms with Gasteiger partial charge in [-0.05, 0) is 38.5 Å². The average molecular weight is 222 g/mol. The Kier molecular flexibility index (Phi) is 3.33. The van der Waals surface area contributed by atoms with Gasteiger partial charge in [0.2, 0.25) is 0 Å². The van der Waals surface area contributed by atoms with Gasteiger partial charge in [0.25, 0.3) is 0 Å². The van der Waals surface area contributed by atoms with Crippen molar-refractivity contribution in [2.24, 2.45) is 11.8 Å². The van der Waals surface area contributed by atoms with E-state index in [4.69, 9.17) is 4.74 Å². The number of hydrogen-bond donors (Lipinski definition) is 1. The fourth-order valence-corrected chi connectivity index (χ4v) is 2.19. The number of hydrogen-bond acceptors (Lipinski definition) is 2. The van der Waals surface area contributed by atoms with Crippen molar-refractivity contribution in [3.05, 3.63) is 17.2 Å². The van der Waals surface area contributed by atoms with Crippen LogP contribution >= 0.6 is 0 Å². The molecule has 0 fully saturated rings. The number of ether oxygens (including phenoxy) is 1. The summed E-state index contributed by atoms with van der Waals surface area (Å²) in [4.78, 5) is 8.03. The van der Waals surface area contributed by atoms with Gasteiger partial charge in [-0.1, -0.05) is 13.8 Å². The number of fused-ring (bicyclic) bond motifs is 1. The van der Waals surface area contributed by atoms with Crippen LogP contribution in [0, 0.1) is 11.8 Å². The van der Waals surface area contributed by atoms with E-state index in [0.717, 1.165) is 30.5 Å². The molecule has 1 aliphatic carbocycles. The maximum absolute atomic E-state index is 5.57. The van der Waals surface area contributed by atoms with Crippen LogP contribution in [-0.2, 0) is 24.2 Å². The van der Waals surface area contributed by atoms with Crippen molar-refractivity contribution < 1.29 is 4.74 Å². The summed E-state index contributed by atoms with van der Waals surface area (Å²) < 4.78 is 5.57. The first-order valence-corrected chi connectivity index (χ1v) is 6.24. The summed E-state index contributed by atoms with van der Waals surface area (Å²) in [5.41, 5.74) is 2.58. The maximum atomic E-state index is 5.57. The number of aromatic nitrogens is 2. The lowest BCUT2D eigenvalue weighted by molar-refractivity contribution is 0.0616. The largest absolute Gasteiger partial charge is 0.371 e. The van der Waals surface area contributed by atoms with E-state index in [1.165, 1.54) is 11.4 Å². The molecule has 1 heterocycles. The first-order chi connectivity index (χ1) is 7.56. The molecule has 2 rings (SSSR count). The third kappa shape index (κ3) is 2.46. The Labute approximate surface area is 97.6 Å². The van der Waals surface area contributed by atoms with E-state index < -0.39 is 0 Å². The lowest BCUT2D eigenvalue weighted by Gasteiger charge is -2.24. The van der Waals surface area contributed by atoms with Gasteiger partial charge in [0.05, 0.1) is 11.8 Å². The lowest BCUT2D eigenvalue weighted by atomic mass is 9.82. The topological polar surface area (TPSA) is 37.9 Å². The molecule has 0 saturated carbocycles. The number of aromatic amines is 1. The zero-order valence-corrected chi connectivity index (χ0v) is 10.7. The van der Waals surface area contributed by atoms with E-state index in [0.29, 0.717) is 6.61 Å². The molecule has 1 aromatic heterocycles. The molecule has 0 aliphatic heterocycles. The van der Waals surface area contributed by atoms with Gasteiger partial charge in [0.1, 0.15) is 12.4 Å². The fraction of sp³-hybridized carbons (Fsp3) is 0.769. The first-order valence-electron chi connectivity index (χ1n) is 6.24. The van der Waals surface area contributed by atoms with E-state index in [2.05, 4.69) is 23.8 Å². The van der Waals surface area contributed by atoms with Crippen LogP contribution in [0.3, 0.4) is 0 Å². The van der Waals surface area contributed by atoms with Gasteiger partial charge in [-0.3, -0.25) is 0 Å². The minimum absolute atomic E-state index is 0.264. The number of nitrogens with zero attached hydrogens (tertiary/aromatic N) is 1. The van der Waals surface area contributed by atoms with Gasteiger partial charge in [-0.15, -0.1) is 0 Å². The standard InChI is InChI=1S/C13H22N2O/c1-8(2)16-7-13-14-11-5-9(3)10(4)6-12(11)15-13/h8-10H,5-7H2,1-4H3,(H,14,15). The highest BCUT2D eigenvalue weighted by Crippen LogP contribution is 2.28. The predicted octanol–water partition coefficient (Wildman–Crippen LogP) is 2.71. The van der Waals surface area contributed by atoms with E-state index in [1.54, 1.807) is 0 Å². The highest BCUT2D eigenvalue weighted by atomic mass is 16.5. The van der Waals surface area contributed by atoms with Crippen molar-refractivity contribution in [3.8, 4) is 0 Å². The normalized spacial score (nSPS) is 24.8. The van der Waals surface area contributed by atoms with Crippen molar-refractivity contribution in [2.75, 3.05) is 0 Å². The van der Waals surface area contributed by atoms with Gasteiger partial charge in [-0.2, -0.15) is 0 Å². The summed E-state index contributed by atoms with van der Waals surface area (Å²) in [6.07, 6.45) is 2.50. The van der Waals surface area contributed by atoms with Crippen LogP contribution in [0.5, 0.6) is 0 Å². The van der Waals surface area contributed by atoms with Crippen molar-refractivity contribution in [2.45, 2.75) is 53.2 Å². The van der Waals surface area contributed by atoms with E-state index >= 15 is 0 Å². The van der Waals surface area contributed by atoms with Crippen LogP contribution < -0.4 is 0 Å². The summed E-state index contributed by atoms with van der Waals surface area (Å²) in [5.74, 6) is 2.49. The molecule has 16 heavy (non-hydrogen) atoms. The highest BCUT2D eigenvalue weighted by Gasteiger charge is 2.24. The van der Waals surface area contributed by atoms with Gasteiger partial charge in [0.15, 0.2) is 0 Å². The number of imidazole rings is 1. The summed E-state index contributed by atoms with van der Waals surface area (Å²) in [5, 5.41) is 0. The van der Waals surface area contributed by atoms with Crippen LogP contribution in [0.25, 0.3) is 0 Å². The number of rotatable bonds is 3. The van der Waals surface area contributed by atoms with Crippen LogP contribution in [0.15, 0.2) is 0 Å². The molecule has 3 nitrogen and oxygen atoms in total. The lowest BCUT2D eigenvalue weighted by Crippen LogP contribution is -2.20. The van der Waals surface area contributed by atoms with Crippen LogP contribution in [0.1, 0.15) is 44.9 Å². The zero-order valence-electron chi connectivity index (χ0n) is 10.7. The monoisotopic (exact) mass is 222 g/mol. The number of nitrogens with one attached hydrogen (secondary N) is 1.